The molecule has 0 N–H and O–H groups in total. The highest BCUT2D eigenvalue weighted by atomic mass is 16.5. The van der Waals surface area contributed by atoms with Crippen LogP contribution in [-0.2, 0) is 9.53 Å². The Morgan fingerprint density at radius 1 is 1.70 bits per heavy atom. The molecule has 0 aliphatic heterocycles. The maximum absolute atomic E-state index is 10.8. The molecule has 2 heteroatoms. The largest absolute Gasteiger partial charge is 0.463 e. The Labute approximate surface area is 62.6 Å². The van der Waals surface area contributed by atoms with Crippen LogP contribution in [0.15, 0.2) is 0 Å². The molecule has 0 bridgehead atoms. The third-order valence-corrected chi connectivity index (χ3v) is 1.19. The van der Waals surface area contributed by atoms with Crippen molar-refractivity contribution >= 4 is 5.97 Å². The van der Waals surface area contributed by atoms with Gasteiger partial charge in [0.2, 0.25) is 0 Å². The van der Waals surface area contributed by atoms with Gasteiger partial charge in [-0.25, -0.2) is 0 Å². The zero-order valence-corrected chi connectivity index (χ0v) is 6.72. The third-order valence-electron chi connectivity index (χ3n) is 1.19. The Hall–Kier alpha value is -0.530. The molecule has 0 heterocycles. The van der Waals surface area contributed by atoms with E-state index in [0.717, 1.165) is 6.42 Å². The van der Waals surface area contributed by atoms with E-state index in [1.54, 1.807) is 0 Å². The Morgan fingerprint density at radius 2 is 2.30 bits per heavy atom. The summed E-state index contributed by atoms with van der Waals surface area (Å²) in [5, 5.41) is 0. The smallest absolute Gasteiger partial charge is 0.306 e. The minimum absolute atomic E-state index is 0.0287. The van der Waals surface area contributed by atoms with Gasteiger partial charge in [-0.05, 0) is 26.7 Å². The molecular weight excluding hydrogens is 128 g/mol. The third kappa shape index (κ3) is 4.36. The number of carbonyl (C=O) groups excluding carboxylic acids is 1. The topological polar surface area (TPSA) is 26.3 Å². The molecule has 0 amide bonds. The summed E-state index contributed by atoms with van der Waals surface area (Å²) in [7, 11) is 0. The minimum atomic E-state index is -0.112. The van der Waals surface area contributed by atoms with Crippen molar-refractivity contribution in [1.29, 1.82) is 0 Å². The highest BCUT2D eigenvalue weighted by Gasteiger charge is 2.04. The van der Waals surface area contributed by atoms with Gasteiger partial charge >= 0.3 is 5.97 Å². The van der Waals surface area contributed by atoms with Crippen molar-refractivity contribution in [2.45, 2.75) is 39.2 Å². The van der Waals surface area contributed by atoms with Crippen molar-refractivity contribution in [2.24, 2.45) is 0 Å². The molecule has 0 spiro atoms. The number of hydrogen-bond donors (Lipinski definition) is 0. The number of rotatable bonds is 4. The van der Waals surface area contributed by atoms with Crippen molar-refractivity contribution in [3.63, 3.8) is 0 Å². The van der Waals surface area contributed by atoms with Crippen LogP contribution in [0.2, 0.25) is 0 Å². The van der Waals surface area contributed by atoms with Crippen molar-refractivity contribution in [3.05, 3.63) is 6.92 Å². The quantitative estimate of drug-likeness (QED) is 0.562. The molecule has 0 fully saturated rings. The van der Waals surface area contributed by atoms with Gasteiger partial charge in [0.25, 0.3) is 0 Å². The molecular formula is C8H15O2. The normalized spacial score (nSPS) is 12.7. The van der Waals surface area contributed by atoms with Crippen LogP contribution in [0, 0.1) is 6.92 Å². The SMILES string of the molecule is [CH2]CC(C)OC(=O)CCC. The first-order chi connectivity index (χ1) is 4.70. The van der Waals surface area contributed by atoms with Gasteiger partial charge in [0.15, 0.2) is 0 Å². The van der Waals surface area contributed by atoms with E-state index in [1.807, 2.05) is 13.8 Å². The van der Waals surface area contributed by atoms with Crippen molar-refractivity contribution in [1.82, 2.24) is 0 Å². The number of esters is 1. The van der Waals surface area contributed by atoms with Gasteiger partial charge in [-0.15, -0.1) is 0 Å². The lowest BCUT2D eigenvalue weighted by molar-refractivity contribution is -0.148. The molecule has 1 atom stereocenters. The molecule has 0 saturated heterocycles. The van der Waals surface area contributed by atoms with E-state index in [9.17, 15) is 4.79 Å². The Balaban J connectivity index is 3.37. The average molecular weight is 143 g/mol. The van der Waals surface area contributed by atoms with Gasteiger partial charge in [0, 0.05) is 6.42 Å². The highest BCUT2D eigenvalue weighted by molar-refractivity contribution is 5.69. The molecule has 0 rings (SSSR count). The Bertz CT molecular complexity index is 99.4. The monoisotopic (exact) mass is 143 g/mol. The van der Waals surface area contributed by atoms with Gasteiger partial charge < -0.3 is 4.74 Å². The number of carbonyl (C=O) groups is 1. The summed E-state index contributed by atoms with van der Waals surface area (Å²) in [5.74, 6) is -0.112. The van der Waals surface area contributed by atoms with E-state index in [0.29, 0.717) is 12.8 Å². The zero-order chi connectivity index (χ0) is 7.98. The van der Waals surface area contributed by atoms with E-state index in [4.69, 9.17) is 4.74 Å². The Kier molecular flexibility index (Phi) is 4.99. The first kappa shape index (κ1) is 9.47. The molecule has 0 saturated carbocycles. The predicted molar refractivity (Wildman–Crippen MR) is 40.4 cm³/mol. The van der Waals surface area contributed by atoms with Crippen LogP contribution in [0.25, 0.3) is 0 Å². The van der Waals surface area contributed by atoms with Crippen LogP contribution in [0.5, 0.6) is 0 Å². The van der Waals surface area contributed by atoms with E-state index < -0.39 is 0 Å². The van der Waals surface area contributed by atoms with Crippen LogP contribution in [0.4, 0.5) is 0 Å². The lowest BCUT2D eigenvalue weighted by Crippen LogP contribution is -2.13. The van der Waals surface area contributed by atoms with Crippen LogP contribution >= 0.6 is 0 Å². The number of hydrogen-bond acceptors (Lipinski definition) is 2. The maximum Gasteiger partial charge on any atom is 0.306 e. The van der Waals surface area contributed by atoms with E-state index >= 15 is 0 Å². The summed E-state index contributed by atoms with van der Waals surface area (Å²) >= 11 is 0. The summed E-state index contributed by atoms with van der Waals surface area (Å²) in [6.07, 6.45) is 1.99. The minimum Gasteiger partial charge on any atom is -0.463 e. The molecule has 10 heavy (non-hydrogen) atoms. The van der Waals surface area contributed by atoms with E-state index in [-0.39, 0.29) is 12.1 Å². The summed E-state index contributed by atoms with van der Waals surface area (Å²) in [4.78, 5) is 10.8. The Morgan fingerprint density at radius 3 is 2.70 bits per heavy atom. The summed E-state index contributed by atoms with van der Waals surface area (Å²) in [5.41, 5.74) is 0. The lowest BCUT2D eigenvalue weighted by atomic mass is 10.3. The molecule has 0 aromatic carbocycles. The molecule has 0 aliphatic rings. The molecule has 59 valence electrons. The second-order valence-corrected chi connectivity index (χ2v) is 2.34. The van der Waals surface area contributed by atoms with Gasteiger partial charge in [-0.2, -0.15) is 0 Å². The van der Waals surface area contributed by atoms with Crippen LogP contribution < -0.4 is 0 Å². The maximum atomic E-state index is 10.8. The average Bonchev–Trinajstić information content (AvgIpc) is 1.88. The van der Waals surface area contributed by atoms with Crippen LogP contribution in [0.3, 0.4) is 0 Å². The molecule has 1 radical (unpaired) electrons. The van der Waals surface area contributed by atoms with E-state index in [2.05, 4.69) is 6.92 Å². The van der Waals surface area contributed by atoms with Crippen molar-refractivity contribution < 1.29 is 9.53 Å². The zero-order valence-electron chi connectivity index (χ0n) is 6.72. The fourth-order valence-electron chi connectivity index (χ4n) is 0.546. The van der Waals surface area contributed by atoms with Gasteiger partial charge in [-0.1, -0.05) is 6.92 Å². The predicted octanol–water partition coefficient (Wildman–Crippen LogP) is 1.94. The standard InChI is InChI=1S/C8H15O2/c1-4-6-8(9)10-7(3)5-2/h7H,2,4-6H2,1,3H3. The first-order valence-corrected chi connectivity index (χ1v) is 3.69. The summed E-state index contributed by atoms with van der Waals surface area (Å²) in [6.45, 7) is 7.42. The van der Waals surface area contributed by atoms with Gasteiger partial charge in [-0.3, -0.25) is 4.79 Å². The molecule has 0 aliphatic carbocycles. The molecule has 0 aromatic heterocycles. The second-order valence-electron chi connectivity index (χ2n) is 2.34. The van der Waals surface area contributed by atoms with Gasteiger partial charge in [0.05, 0.1) is 6.10 Å². The fourth-order valence-corrected chi connectivity index (χ4v) is 0.546. The summed E-state index contributed by atoms with van der Waals surface area (Å²) < 4.78 is 4.94. The van der Waals surface area contributed by atoms with Crippen LogP contribution in [-0.4, -0.2) is 12.1 Å². The molecule has 2 nitrogen and oxygen atoms in total. The molecule has 1 unspecified atom stereocenters. The lowest BCUT2D eigenvalue weighted by Gasteiger charge is -2.09. The van der Waals surface area contributed by atoms with Crippen molar-refractivity contribution in [3.8, 4) is 0 Å². The highest BCUT2D eigenvalue weighted by Crippen LogP contribution is 1.99. The van der Waals surface area contributed by atoms with Gasteiger partial charge in [0.1, 0.15) is 0 Å². The molecule has 0 aromatic rings. The summed E-state index contributed by atoms with van der Waals surface area (Å²) in [6, 6.07) is 0. The number of ether oxygens (including phenoxy) is 1. The van der Waals surface area contributed by atoms with E-state index in [1.165, 1.54) is 0 Å². The van der Waals surface area contributed by atoms with Crippen LogP contribution in [0.1, 0.15) is 33.1 Å². The second kappa shape index (κ2) is 5.27. The van der Waals surface area contributed by atoms with Crippen molar-refractivity contribution in [2.75, 3.05) is 0 Å². The first-order valence-electron chi connectivity index (χ1n) is 3.69. The fraction of sp³-hybridized carbons (Fsp3) is 0.750.